The average molecular weight is 721 g/mol. The molecule has 0 aliphatic carbocycles. The first-order chi connectivity index (χ1) is 22.4. The molecule has 47 heavy (non-hydrogen) atoms. The van der Waals surface area contributed by atoms with E-state index in [1.807, 2.05) is 0 Å². The Hall–Kier alpha value is -1.29. The second-order valence-corrected chi connectivity index (χ2v) is 29.9. The highest BCUT2D eigenvalue weighted by Crippen LogP contribution is 2.31. The highest BCUT2D eigenvalue weighted by Gasteiger charge is 2.53. The Morgan fingerprint density at radius 1 is 0.468 bits per heavy atom. The molecule has 2 aromatic carbocycles. The fourth-order valence-corrected chi connectivity index (χ4v) is 16.8. The maximum absolute atomic E-state index is 7.36. The van der Waals surface area contributed by atoms with E-state index in [-0.39, 0.29) is 0 Å². The molecule has 0 N–H and O–H groups in total. The number of nitrogens with zero attached hydrogens (tertiary/aromatic N) is 2. The van der Waals surface area contributed by atoms with E-state index < -0.39 is 34.1 Å². The second-order valence-electron chi connectivity index (χ2n) is 14.4. The number of hydrogen-bond donors (Lipinski definition) is 0. The first-order valence-electron chi connectivity index (χ1n) is 18.3. The number of para-hydroxylation sites is 2. The zero-order valence-electron chi connectivity index (χ0n) is 31.6. The third kappa shape index (κ3) is 14.6. The van der Waals surface area contributed by atoms with Crippen molar-refractivity contribution in [2.75, 3.05) is 48.6 Å². The molecular formula is C36H68N2O5Si4. The fraction of sp³-hybridized carbons (Fsp3) is 0.667. The van der Waals surface area contributed by atoms with Crippen molar-refractivity contribution in [3.8, 4) is 0 Å². The lowest BCUT2D eigenvalue weighted by molar-refractivity contribution is 0.0401. The van der Waals surface area contributed by atoms with Gasteiger partial charge in [-0.05, 0) is 62.8 Å². The number of rotatable bonds is 26. The van der Waals surface area contributed by atoms with Crippen molar-refractivity contribution in [3.05, 3.63) is 60.7 Å². The summed E-state index contributed by atoms with van der Waals surface area (Å²) in [4.78, 5) is 0. The van der Waals surface area contributed by atoms with E-state index in [0.717, 1.165) is 63.7 Å². The molecule has 11 heteroatoms. The van der Waals surface area contributed by atoms with Gasteiger partial charge in [-0.15, -0.1) is 0 Å². The third-order valence-electron chi connectivity index (χ3n) is 7.90. The molecule has 7 nitrogen and oxygen atoms in total. The van der Waals surface area contributed by atoms with Gasteiger partial charge in [0.15, 0.2) is 0 Å². The molecule has 0 aliphatic rings. The van der Waals surface area contributed by atoms with Crippen LogP contribution in [-0.2, 0) is 21.8 Å². The molecule has 0 spiro atoms. The van der Waals surface area contributed by atoms with Crippen LogP contribution in [0.3, 0.4) is 0 Å². The lowest BCUT2D eigenvalue weighted by Crippen LogP contribution is -2.60. The lowest BCUT2D eigenvalue weighted by Gasteiger charge is -2.41. The van der Waals surface area contributed by atoms with Crippen LogP contribution in [0.5, 0.6) is 0 Å². The van der Waals surface area contributed by atoms with Gasteiger partial charge in [0.1, 0.15) is 16.5 Å². The van der Waals surface area contributed by atoms with Crippen LogP contribution in [-0.4, -0.2) is 73.6 Å². The summed E-state index contributed by atoms with van der Waals surface area (Å²) >= 11 is 0. The SMILES string of the molecule is CCCO[Si](CCCN(c1ccccc1)[Si](C)(C)C)(OCCC)O[Si](CCCN(c1ccccc1)[Si](C)(C)C)(OCCC)OCCC. The van der Waals surface area contributed by atoms with Gasteiger partial charge in [-0.3, -0.25) is 0 Å². The molecule has 0 aromatic heterocycles. The zero-order valence-corrected chi connectivity index (χ0v) is 35.6. The number of anilines is 2. The van der Waals surface area contributed by atoms with E-state index >= 15 is 0 Å². The van der Waals surface area contributed by atoms with E-state index in [2.05, 4.69) is 137 Å². The number of hydrogen-bond acceptors (Lipinski definition) is 7. The van der Waals surface area contributed by atoms with Gasteiger partial charge in [0, 0.05) is 63.0 Å². The molecule has 0 saturated carbocycles. The summed E-state index contributed by atoms with van der Waals surface area (Å²) in [7, 11) is -9.65. The first-order valence-corrected chi connectivity index (χ1v) is 29.0. The molecule has 0 heterocycles. The summed E-state index contributed by atoms with van der Waals surface area (Å²) in [6.07, 6.45) is 5.45. The van der Waals surface area contributed by atoms with Crippen molar-refractivity contribution in [1.29, 1.82) is 0 Å². The molecule has 0 aliphatic heterocycles. The van der Waals surface area contributed by atoms with Gasteiger partial charge in [0.2, 0.25) is 0 Å². The van der Waals surface area contributed by atoms with Gasteiger partial charge in [-0.1, -0.05) is 103 Å². The summed E-state index contributed by atoms with van der Waals surface area (Å²) in [5, 5.41) is 0. The Morgan fingerprint density at radius 3 is 1.02 bits per heavy atom. The zero-order chi connectivity index (χ0) is 34.8. The fourth-order valence-electron chi connectivity index (χ4n) is 5.69. The molecule has 0 bridgehead atoms. The lowest BCUT2D eigenvalue weighted by atomic mass is 10.3. The van der Waals surface area contributed by atoms with Crippen LogP contribution in [0.1, 0.15) is 66.2 Å². The van der Waals surface area contributed by atoms with Crippen LogP contribution in [0.2, 0.25) is 51.4 Å². The van der Waals surface area contributed by atoms with Crippen molar-refractivity contribution >= 4 is 45.5 Å². The molecule has 2 aromatic rings. The van der Waals surface area contributed by atoms with Crippen LogP contribution < -0.4 is 9.13 Å². The minimum Gasteiger partial charge on any atom is -0.398 e. The van der Waals surface area contributed by atoms with Crippen LogP contribution in [0.25, 0.3) is 0 Å². The van der Waals surface area contributed by atoms with Crippen LogP contribution >= 0.6 is 0 Å². The second kappa shape index (κ2) is 21.0. The van der Waals surface area contributed by atoms with Crippen molar-refractivity contribution in [3.63, 3.8) is 0 Å². The highest BCUT2D eigenvalue weighted by molar-refractivity contribution is 6.80. The monoisotopic (exact) mass is 720 g/mol. The van der Waals surface area contributed by atoms with Crippen molar-refractivity contribution in [1.82, 2.24) is 0 Å². The van der Waals surface area contributed by atoms with Crippen molar-refractivity contribution < 1.29 is 21.8 Å². The van der Waals surface area contributed by atoms with E-state index in [0.29, 0.717) is 26.4 Å². The largest absolute Gasteiger partial charge is 0.493 e. The summed E-state index contributed by atoms with van der Waals surface area (Å²) in [6.45, 7) is 27.4. The van der Waals surface area contributed by atoms with Gasteiger partial charge in [0.05, 0.1) is 0 Å². The van der Waals surface area contributed by atoms with Gasteiger partial charge < -0.3 is 31.0 Å². The van der Waals surface area contributed by atoms with E-state index in [4.69, 9.17) is 21.8 Å². The Morgan fingerprint density at radius 2 is 0.766 bits per heavy atom. The summed E-state index contributed by atoms with van der Waals surface area (Å²) < 4.78 is 39.7. The summed E-state index contributed by atoms with van der Waals surface area (Å²) in [5.41, 5.74) is 2.57. The maximum atomic E-state index is 7.36. The average Bonchev–Trinajstić information content (AvgIpc) is 3.04. The predicted octanol–water partition coefficient (Wildman–Crippen LogP) is 10.1. The predicted molar refractivity (Wildman–Crippen MR) is 211 cm³/mol. The highest BCUT2D eigenvalue weighted by atomic mass is 28.5. The minimum atomic E-state index is -3.18. The standard InChI is InChI=1S/C36H68N2O5Si4/c1-11-29-39-46(40-30-12-2,33-21-27-37(44(5,6)7)35-23-17-15-18-24-35)43-47(41-31-13-3,42-32-14-4)34-22-28-38(45(8,9)10)36-25-19-16-20-26-36/h15-20,23-26H,11-14,21-22,27-34H2,1-10H3. The summed E-state index contributed by atoms with van der Waals surface area (Å²) in [6, 6.07) is 23.1. The Kier molecular flexibility index (Phi) is 18.7. The molecule has 2 rings (SSSR count). The van der Waals surface area contributed by atoms with Crippen molar-refractivity contribution in [2.24, 2.45) is 0 Å². The molecule has 0 amide bonds. The van der Waals surface area contributed by atoms with E-state index in [1.165, 1.54) is 11.4 Å². The molecule has 0 unspecified atom stereocenters. The van der Waals surface area contributed by atoms with Crippen LogP contribution in [0.15, 0.2) is 60.7 Å². The molecule has 0 atom stereocenters. The topological polar surface area (TPSA) is 52.6 Å². The Bertz CT molecular complexity index is 985. The van der Waals surface area contributed by atoms with E-state index in [1.54, 1.807) is 0 Å². The third-order valence-corrected chi connectivity index (χ3v) is 19.1. The van der Waals surface area contributed by atoms with Gasteiger partial charge in [-0.25, -0.2) is 0 Å². The molecule has 0 fully saturated rings. The van der Waals surface area contributed by atoms with Gasteiger partial charge >= 0.3 is 17.6 Å². The molecular weight excluding hydrogens is 653 g/mol. The first kappa shape index (κ1) is 41.9. The quantitative estimate of drug-likeness (QED) is 0.0897. The Balaban J connectivity index is 2.43. The van der Waals surface area contributed by atoms with Gasteiger partial charge in [-0.2, -0.15) is 0 Å². The normalized spacial score (nSPS) is 12.8. The number of benzene rings is 2. The van der Waals surface area contributed by atoms with Crippen LogP contribution in [0, 0.1) is 0 Å². The smallest absolute Gasteiger partial charge is 0.398 e. The molecule has 0 saturated heterocycles. The van der Waals surface area contributed by atoms with E-state index in [9.17, 15) is 0 Å². The molecule has 268 valence electrons. The Labute approximate surface area is 293 Å². The maximum Gasteiger partial charge on any atom is 0.493 e. The molecule has 0 radical (unpaired) electrons. The summed E-state index contributed by atoms with van der Waals surface area (Å²) in [5.74, 6) is 0. The van der Waals surface area contributed by atoms with Gasteiger partial charge in [0.25, 0.3) is 0 Å². The van der Waals surface area contributed by atoms with Crippen LogP contribution in [0.4, 0.5) is 11.4 Å². The van der Waals surface area contributed by atoms with Crippen molar-refractivity contribution in [2.45, 2.75) is 118 Å². The minimum absolute atomic E-state index is 0.607.